The van der Waals surface area contributed by atoms with Gasteiger partial charge in [-0.1, -0.05) is 48.0 Å². The molecule has 132 valence electrons. The number of aryl methyl sites for hydroxylation is 1. The van der Waals surface area contributed by atoms with Crippen LogP contribution in [0.3, 0.4) is 0 Å². The molecule has 1 aliphatic heterocycles. The fourth-order valence-electron chi connectivity index (χ4n) is 3.39. The molecule has 0 spiro atoms. The Morgan fingerprint density at radius 1 is 1.00 bits per heavy atom. The molecule has 0 N–H and O–H groups in total. The van der Waals surface area contributed by atoms with Crippen LogP contribution in [0, 0.1) is 12.8 Å². The fourth-order valence-corrected chi connectivity index (χ4v) is 5.08. The number of hydrogen-bond acceptors (Lipinski definition) is 3. The van der Waals surface area contributed by atoms with Crippen molar-refractivity contribution >= 4 is 15.8 Å². The minimum Gasteiger partial charge on any atom is -0.300 e. The first kappa shape index (κ1) is 17.8. The lowest BCUT2D eigenvalue weighted by Gasteiger charge is -2.38. The van der Waals surface area contributed by atoms with Gasteiger partial charge in [-0.05, 0) is 44.4 Å². The molecule has 0 radical (unpaired) electrons. The minimum absolute atomic E-state index is 0.0515. The zero-order chi connectivity index (χ0) is 18.0. The average molecular weight is 357 g/mol. The van der Waals surface area contributed by atoms with Crippen molar-refractivity contribution < 1.29 is 13.2 Å². The Labute approximate surface area is 149 Å². The molecule has 0 aliphatic carbocycles. The lowest BCUT2D eigenvalue weighted by atomic mass is 9.89. The summed E-state index contributed by atoms with van der Waals surface area (Å²) < 4.78 is 28.0. The Morgan fingerprint density at radius 3 is 2.24 bits per heavy atom. The van der Waals surface area contributed by atoms with Gasteiger partial charge in [0.15, 0.2) is 0 Å². The first-order valence-corrected chi connectivity index (χ1v) is 9.97. The highest BCUT2D eigenvalue weighted by atomic mass is 32.2. The highest BCUT2D eigenvalue weighted by Crippen LogP contribution is 2.37. The predicted molar refractivity (Wildman–Crippen MR) is 97.7 cm³/mol. The number of carbonyl (C=O) groups excluding carboxylic acids is 1. The van der Waals surface area contributed by atoms with Crippen molar-refractivity contribution in [1.82, 2.24) is 4.31 Å². The second kappa shape index (κ2) is 7.10. The Hall–Kier alpha value is -1.98. The van der Waals surface area contributed by atoms with Gasteiger partial charge >= 0.3 is 0 Å². The summed E-state index contributed by atoms with van der Waals surface area (Å²) in [6, 6.07) is 16.3. The summed E-state index contributed by atoms with van der Waals surface area (Å²) in [6.45, 7) is 3.71. The maximum Gasteiger partial charge on any atom is 0.243 e. The van der Waals surface area contributed by atoms with Crippen molar-refractivity contribution in [2.75, 3.05) is 6.54 Å². The third-order valence-electron chi connectivity index (χ3n) is 4.92. The molecule has 0 saturated carbocycles. The van der Waals surface area contributed by atoms with E-state index in [4.69, 9.17) is 0 Å². The predicted octanol–water partition coefficient (Wildman–Crippen LogP) is 3.73. The summed E-state index contributed by atoms with van der Waals surface area (Å²) >= 11 is 0. The molecule has 0 bridgehead atoms. The number of piperidine rings is 1. The maximum absolute atomic E-state index is 13.3. The van der Waals surface area contributed by atoms with Crippen LogP contribution < -0.4 is 0 Å². The van der Waals surface area contributed by atoms with E-state index < -0.39 is 10.0 Å². The number of rotatable bonds is 4. The van der Waals surface area contributed by atoms with Gasteiger partial charge in [-0.2, -0.15) is 4.31 Å². The lowest BCUT2D eigenvalue weighted by molar-refractivity contribution is -0.122. The average Bonchev–Trinajstić information content (AvgIpc) is 2.62. The molecule has 1 fully saturated rings. The third kappa shape index (κ3) is 3.67. The van der Waals surface area contributed by atoms with E-state index in [2.05, 4.69) is 0 Å². The molecule has 2 aromatic rings. The van der Waals surface area contributed by atoms with Crippen molar-refractivity contribution in [1.29, 1.82) is 0 Å². The molecule has 5 heteroatoms. The van der Waals surface area contributed by atoms with Gasteiger partial charge in [0.25, 0.3) is 0 Å². The van der Waals surface area contributed by atoms with E-state index in [1.165, 1.54) is 4.31 Å². The minimum atomic E-state index is -3.66. The summed E-state index contributed by atoms with van der Waals surface area (Å²) in [4.78, 5) is 12.2. The van der Waals surface area contributed by atoms with Crippen LogP contribution in [0.15, 0.2) is 59.5 Å². The summed E-state index contributed by atoms with van der Waals surface area (Å²) in [5.41, 5.74) is 1.99. The van der Waals surface area contributed by atoms with E-state index in [9.17, 15) is 13.2 Å². The van der Waals surface area contributed by atoms with Gasteiger partial charge in [0, 0.05) is 12.5 Å². The zero-order valence-corrected chi connectivity index (χ0v) is 15.4. The molecule has 2 atom stereocenters. The van der Waals surface area contributed by atoms with Crippen LogP contribution in [0.2, 0.25) is 0 Å². The van der Waals surface area contributed by atoms with E-state index in [0.717, 1.165) is 17.5 Å². The van der Waals surface area contributed by atoms with Gasteiger partial charge in [0.1, 0.15) is 5.78 Å². The van der Waals surface area contributed by atoms with Crippen LogP contribution in [-0.4, -0.2) is 25.1 Å². The summed E-state index contributed by atoms with van der Waals surface area (Å²) in [7, 11) is -3.66. The van der Waals surface area contributed by atoms with Gasteiger partial charge < -0.3 is 0 Å². The second-order valence-electron chi connectivity index (χ2n) is 6.70. The van der Waals surface area contributed by atoms with Crippen LogP contribution in [0.25, 0.3) is 0 Å². The highest BCUT2D eigenvalue weighted by molar-refractivity contribution is 7.89. The van der Waals surface area contributed by atoms with Gasteiger partial charge in [-0.25, -0.2) is 8.42 Å². The third-order valence-corrected chi connectivity index (χ3v) is 6.81. The number of Topliss-reactive ketones (excluding diaryl/α,β-unsaturated/α-hetero) is 1. The van der Waals surface area contributed by atoms with Crippen molar-refractivity contribution in [2.24, 2.45) is 5.92 Å². The number of ketones is 1. The highest BCUT2D eigenvalue weighted by Gasteiger charge is 2.39. The normalized spacial score (nSPS) is 21.8. The SMILES string of the molecule is CC(=O)[C@H]1CC[C@H](c2ccccc2)N(S(=O)(=O)c2ccc(C)cc2)C1. The number of sulfonamides is 1. The Bertz CT molecular complexity index is 844. The van der Waals surface area contributed by atoms with Crippen molar-refractivity contribution in [3.63, 3.8) is 0 Å². The number of carbonyl (C=O) groups is 1. The molecular weight excluding hydrogens is 334 g/mol. The largest absolute Gasteiger partial charge is 0.300 e. The van der Waals surface area contributed by atoms with Crippen molar-refractivity contribution in [2.45, 2.75) is 37.6 Å². The van der Waals surface area contributed by atoms with Gasteiger partial charge in [0.05, 0.1) is 10.9 Å². The molecule has 25 heavy (non-hydrogen) atoms. The van der Waals surface area contributed by atoms with Gasteiger partial charge in [0.2, 0.25) is 10.0 Å². The monoisotopic (exact) mass is 357 g/mol. The molecule has 3 rings (SSSR count). The molecule has 0 unspecified atom stereocenters. The topological polar surface area (TPSA) is 54.5 Å². The summed E-state index contributed by atoms with van der Waals surface area (Å²) in [6.07, 6.45) is 1.37. The standard InChI is InChI=1S/C20H23NO3S/c1-15-8-11-19(12-9-15)25(23,24)21-14-18(16(2)22)10-13-20(21)17-6-4-3-5-7-17/h3-9,11-12,18,20H,10,13-14H2,1-2H3/t18-,20+/m0/s1. The quantitative estimate of drug-likeness (QED) is 0.838. The number of benzene rings is 2. The Balaban J connectivity index is 2.02. The molecule has 1 heterocycles. The molecule has 1 aliphatic rings. The summed E-state index contributed by atoms with van der Waals surface area (Å²) in [5, 5.41) is 0. The smallest absolute Gasteiger partial charge is 0.243 e. The molecule has 1 saturated heterocycles. The van der Waals surface area contributed by atoms with Gasteiger partial charge in [-0.3, -0.25) is 4.79 Å². The fraction of sp³-hybridized carbons (Fsp3) is 0.350. The van der Waals surface area contributed by atoms with Crippen molar-refractivity contribution in [3.8, 4) is 0 Å². The number of hydrogen-bond donors (Lipinski definition) is 0. The van der Waals surface area contributed by atoms with Gasteiger partial charge in [-0.15, -0.1) is 0 Å². The molecule has 0 amide bonds. The molecule has 4 nitrogen and oxygen atoms in total. The zero-order valence-electron chi connectivity index (χ0n) is 14.6. The van der Waals surface area contributed by atoms with Crippen LogP contribution in [-0.2, 0) is 14.8 Å². The molecule has 2 aromatic carbocycles. The molecular formula is C20H23NO3S. The van der Waals surface area contributed by atoms with Crippen LogP contribution in [0.5, 0.6) is 0 Å². The van der Waals surface area contributed by atoms with Crippen LogP contribution in [0.1, 0.15) is 36.9 Å². The van der Waals surface area contributed by atoms with Crippen LogP contribution >= 0.6 is 0 Å². The second-order valence-corrected chi connectivity index (χ2v) is 8.59. The maximum atomic E-state index is 13.3. The number of nitrogens with zero attached hydrogens (tertiary/aromatic N) is 1. The van der Waals surface area contributed by atoms with E-state index in [0.29, 0.717) is 6.42 Å². The Kier molecular flexibility index (Phi) is 5.06. The van der Waals surface area contributed by atoms with E-state index in [-0.39, 0.29) is 29.2 Å². The first-order chi connectivity index (χ1) is 11.9. The lowest BCUT2D eigenvalue weighted by Crippen LogP contribution is -2.43. The Morgan fingerprint density at radius 2 is 1.64 bits per heavy atom. The van der Waals surface area contributed by atoms with E-state index >= 15 is 0 Å². The molecule has 0 aromatic heterocycles. The van der Waals surface area contributed by atoms with Crippen molar-refractivity contribution in [3.05, 3.63) is 65.7 Å². The van der Waals surface area contributed by atoms with E-state index in [1.807, 2.05) is 37.3 Å². The first-order valence-electron chi connectivity index (χ1n) is 8.53. The summed E-state index contributed by atoms with van der Waals surface area (Å²) in [5.74, 6) is -0.184. The van der Waals surface area contributed by atoms with Crippen LogP contribution in [0.4, 0.5) is 0 Å². The van der Waals surface area contributed by atoms with E-state index in [1.54, 1.807) is 31.2 Å².